The average molecular weight is 869 g/mol. The summed E-state index contributed by atoms with van der Waals surface area (Å²) < 4.78 is 36.1. The van der Waals surface area contributed by atoms with Crippen LogP contribution in [0.25, 0.3) is 22.3 Å². The van der Waals surface area contributed by atoms with E-state index in [-0.39, 0.29) is 49.6 Å². The maximum absolute atomic E-state index is 14.8. The predicted octanol–water partition coefficient (Wildman–Crippen LogP) is 6.68. The first-order chi connectivity index (χ1) is 28.3. The molecule has 3 aromatic rings. The molecule has 0 radical (unpaired) electrons. The second kappa shape index (κ2) is 18.2. The predicted molar refractivity (Wildman–Crippen MR) is 228 cm³/mol. The van der Waals surface area contributed by atoms with Crippen molar-refractivity contribution in [1.82, 2.24) is 25.5 Å². The molecule has 3 heterocycles. The van der Waals surface area contributed by atoms with Crippen LogP contribution in [0.2, 0.25) is 0 Å². The third-order valence-electron chi connectivity index (χ3n) is 11.2. The number of nitrogens with zero attached hydrogens (tertiary/aromatic N) is 3. The van der Waals surface area contributed by atoms with Gasteiger partial charge in [-0.05, 0) is 56.6 Å². The van der Waals surface area contributed by atoms with Gasteiger partial charge in [-0.2, -0.15) is 0 Å². The van der Waals surface area contributed by atoms with E-state index in [9.17, 15) is 28.6 Å². The first-order valence-corrected chi connectivity index (χ1v) is 23.1. The van der Waals surface area contributed by atoms with Crippen LogP contribution in [0.4, 0.5) is 9.93 Å². The Morgan fingerprint density at radius 3 is 2.48 bits per heavy atom. The number of thiazole rings is 1. The summed E-state index contributed by atoms with van der Waals surface area (Å²) in [5.41, 5.74) is -0.408. The number of carbonyl (C=O) groups excluding carboxylic acids is 4. The standard InChI is InChI=1S/C42H57N6O10PS/c1-9-25-20-42(25,23-59(53,54)56-10-2)47-37(50)33-18-28(21-48(33)38(51)35(41(5,6)7)45-40(52)58-26-13-11-12-14-26)57-34-19-31(43-30-17-27(55-8)15-16-29(30)34)32-22-60-39(44-32)46-36(49)24(3)4/h9,15-17,19,22,24-26,28,33,35H,1,10-14,18,20-21,23H2,2-8H3,(H,45,52)(H,47,50)(H,53,54)(H,44,46,49)/t25-,28-,33?,35?,42+/m1/s1. The van der Waals surface area contributed by atoms with Gasteiger partial charge in [0.05, 0.1) is 43.2 Å². The molecule has 2 saturated carbocycles. The van der Waals surface area contributed by atoms with Crippen molar-refractivity contribution >= 4 is 58.8 Å². The zero-order chi connectivity index (χ0) is 43.6. The van der Waals surface area contributed by atoms with Crippen LogP contribution >= 0.6 is 18.9 Å². The first-order valence-electron chi connectivity index (χ1n) is 20.5. The van der Waals surface area contributed by atoms with Gasteiger partial charge in [0.25, 0.3) is 0 Å². The summed E-state index contributed by atoms with van der Waals surface area (Å²) in [6.45, 7) is 14.5. The lowest BCUT2D eigenvalue weighted by atomic mass is 9.85. The zero-order valence-electron chi connectivity index (χ0n) is 35.3. The first kappa shape index (κ1) is 45.0. The van der Waals surface area contributed by atoms with Crippen LogP contribution in [-0.4, -0.2) is 99.8 Å². The van der Waals surface area contributed by atoms with Crippen LogP contribution in [0.3, 0.4) is 0 Å². The number of alkyl carbamates (subject to hydrolysis) is 1. The van der Waals surface area contributed by atoms with Gasteiger partial charge in [-0.25, -0.2) is 14.8 Å². The summed E-state index contributed by atoms with van der Waals surface area (Å²) in [5.74, 6) is -0.780. The van der Waals surface area contributed by atoms with Gasteiger partial charge in [-0.3, -0.25) is 18.9 Å². The molecule has 4 N–H and O–H groups in total. The maximum Gasteiger partial charge on any atom is 0.408 e. The summed E-state index contributed by atoms with van der Waals surface area (Å²) >= 11 is 1.26. The number of aromatic nitrogens is 2. The quantitative estimate of drug-likeness (QED) is 0.0879. The van der Waals surface area contributed by atoms with E-state index >= 15 is 0 Å². The minimum atomic E-state index is -4.09. The van der Waals surface area contributed by atoms with Crippen LogP contribution in [0.5, 0.6) is 11.5 Å². The molecular formula is C42H57N6O10PS. The summed E-state index contributed by atoms with van der Waals surface area (Å²) in [5, 5.41) is 11.5. The Kier molecular flexibility index (Phi) is 13.6. The number of nitrogens with one attached hydrogen (secondary N) is 3. The van der Waals surface area contributed by atoms with Crippen molar-refractivity contribution in [2.75, 3.05) is 31.7 Å². The lowest BCUT2D eigenvalue weighted by molar-refractivity contribution is -0.142. The van der Waals surface area contributed by atoms with Crippen LogP contribution in [0.15, 0.2) is 42.3 Å². The minimum absolute atomic E-state index is 0.0153. The average Bonchev–Trinajstić information content (AvgIpc) is 3.66. The Morgan fingerprint density at radius 2 is 1.85 bits per heavy atom. The molecule has 2 aromatic heterocycles. The molecule has 1 aromatic carbocycles. The highest BCUT2D eigenvalue weighted by molar-refractivity contribution is 7.52. The van der Waals surface area contributed by atoms with Gasteiger partial charge >= 0.3 is 13.7 Å². The molecule has 3 fully saturated rings. The molecule has 18 heteroatoms. The molecule has 60 heavy (non-hydrogen) atoms. The number of rotatable bonds is 16. The lowest BCUT2D eigenvalue weighted by Crippen LogP contribution is -2.59. The highest BCUT2D eigenvalue weighted by atomic mass is 32.1. The van der Waals surface area contributed by atoms with E-state index in [4.69, 9.17) is 23.7 Å². The van der Waals surface area contributed by atoms with Crippen molar-refractivity contribution in [3.05, 3.63) is 42.3 Å². The molecule has 0 bridgehead atoms. The summed E-state index contributed by atoms with van der Waals surface area (Å²) in [6.07, 6.45) is 3.48. The van der Waals surface area contributed by atoms with Gasteiger partial charge in [0.1, 0.15) is 41.5 Å². The minimum Gasteiger partial charge on any atom is -0.497 e. The summed E-state index contributed by atoms with van der Waals surface area (Å²) in [6, 6.07) is 4.91. The number of methoxy groups -OCH3 is 1. The second-order valence-electron chi connectivity index (χ2n) is 17.2. The number of hydrogen-bond acceptors (Lipinski definition) is 12. The number of likely N-dealkylation sites (tertiary alicyclic amines) is 1. The topological polar surface area (TPSA) is 208 Å². The van der Waals surface area contributed by atoms with E-state index in [0.29, 0.717) is 45.3 Å². The third kappa shape index (κ3) is 10.5. The number of ether oxygens (including phenoxy) is 3. The summed E-state index contributed by atoms with van der Waals surface area (Å²) in [7, 11) is -2.54. The van der Waals surface area contributed by atoms with E-state index < -0.39 is 54.6 Å². The maximum atomic E-state index is 14.8. The van der Waals surface area contributed by atoms with Crippen molar-refractivity contribution in [1.29, 1.82) is 0 Å². The van der Waals surface area contributed by atoms with Gasteiger partial charge in [0, 0.05) is 41.2 Å². The smallest absolute Gasteiger partial charge is 0.408 e. The van der Waals surface area contributed by atoms with Gasteiger partial charge in [0.15, 0.2) is 5.13 Å². The van der Waals surface area contributed by atoms with Crippen molar-refractivity contribution < 1.29 is 47.4 Å². The molecule has 1 aliphatic heterocycles. The molecule has 6 rings (SSSR count). The molecular weight excluding hydrogens is 812 g/mol. The molecule has 4 amide bonds. The van der Waals surface area contributed by atoms with E-state index in [1.165, 1.54) is 16.2 Å². The normalized spacial score (nSPS) is 23.1. The number of benzene rings is 1. The summed E-state index contributed by atoms with van der Waals surface area (Å²) in [4.78, 5) is 76.4. The molecule has 1 saturated heterocycles. The molecule has 16 nitrogen and oxygen atoms in total. The fourth-order valence-electron chi connectivity index (χ4n) is 7.85. The fraction of sp³-hybridized carbons (Fsp3) is 0.571. The second-order valence-corrected chi connectivity index (χ2v) is 19.9. The van der Waals surface area contributed by atoms with E-state index in [1.807, 2.05) is 26.8 Å². The van der Waals surface area contributed by atoms with E-state index in [2.05, 4.69) is 27.5 Å². The van der Waals surface area contributed by atoms with Crippen molar-refractivity contribution in [2.24, 2.45) is 17.3 Å². The highest BCUT2D eigenvalue weighted by Crippen LogP contribution is 2.56. The molecule has 326 valence electrons. The Labute approximate surface area is 354 Å². The van der Waals surface area contributed by atoms with Gasteiger partial charge in [-0.1, -0.05) is 40.7 Å². The van der Waals surface area contributed by atoms with Crippen LogP contribution in [0.1, 0.15) is 80.1 Å². The molecule has 0 spiro atoms. The molecule has 2 aliphatic carbocycles. The van der Waals surface area contributed by atoms with Crippen LogP contribution < -0.4 is 25.4 Å². The SMILES string of the molecule is C=C[C@@H]1C[C@@]1(CP(=O)(O)OCC)NC(=O)C1C[C@@H](Oc2cc(-c3csc(NC(=O)C(C)C)n3)nc3cc(OC)ccc23)CN1C(=O)C(NC(=O)OC1CCCC1)C(C)(C)C. The Morgan fingerprint density at radius 1 is 1.12 bits per heavy atom. The lowest BCUT2D eigenvalue weighted by Gasteiger charge is -2.35. The Bertz CT molecular complexity index is 2150. The fourth-order valence-corrected chi connectivity index (χ4v) is 10.2. The van der Waals surface area contributed by atoms with Gasteiger partial charge < -0.3 is 44.5 Å². The number of carbonyl (C=O) groups is 4. The largest absolute Gasteiger partial charge is 0.497 e. The van der Waals surface area contributed by atoms with Crippen LogP contribution in [0, 0.1) is 17.3 Å². The number of hydrogen-bond donors (Lipinski definition) is 4. The zero-order valence-corrected chi connectivity index (χ0v) is 37.0. The monoisotopic (exact) mass is 868 g/mol. The highest BCUT2D eigenvalue weighted by Gasteiger charge is 2.58. The van der Waals surface area contributed by atoms with Crippen molar-refractivity contribution in [3.63, 3.8) is 0 Å². The Hall–Kier alpha value is -4.57. The number of amides is 4. The van der Waals surface area contributed by atoms with Gasteiger partial charge in [0.2, 0.25) is 17.7 Å². The molecule has 3 aliphatic rings. The van der Waals surface area contributed by atoms with Crippen LogP contribution in [-0.2, 0) is 28.2 Å². The van der Waals surface area contributed by atoms with Crippen molar-refractivity contribution in [3.8, 4) is 22.9 Å². The van der Waals surface area contributed by atoms with Gasteiger partial charge in [-0.15, -0.1) is 17.9 Å². The molecule has 6 atom stereocenters. The van der Waals surface area contributed by atoms with Crippen molar-refractivity contribution in [2.45, 2.75) is 110 Å². The Balaban J connectivity index is 1.33. The van der Waals surface area contributed by atoms with E-state index in [0.717, 1.165) is 25.7 Å². The number of anilines is 1. The number of pyridine rings is 1. The number of fused-ring (bicyclic) bond motifs is 1. The third-order valence-corrected chi connectivity index (χ3v) is 13.6. The molecule has 3 unspecified atom stereocenters. The van der Waals surface area contributed by atoms with E-state index in [1.54, 1.807) is 57.5 Å².